The minimum Gasteiger partial charge on any atom is -0.456 e. The van der Waals surface area contributed by atoms with Gasteiger partial charge in [-0.3, -0.25) is 20.4 Å². The lowest BCUT2D eigenvalue weighted by atomic mass is 9.96. The van der Waals surface area contributed by atoms with E-state index in [2.05, 4.69) is 10.9 Å². The third-order valence-electron chi connectivity index (χ3n) is 4.65. The number of hydrogen-bond donors (Lipinski definition) is 3. The van der Waals surface area contributed by atoms with Crippen molar-refractivity contribution in [2.24, 2.45) is 5.14 Å². The van der Waals surface area contributed by atoms with Gasteiger partial charge >= 0.3 is 0 Å². The Morgan fingerprint density at radius 3 is 2.03 bits per heavy atom. The first-order chi connectivity index (χ1) is 14.2. The van der Waals surface area contributed by atoms with Crippen LogP contribution in [0.2, 0.25) is 0 Å². The molecular formula is C21H17N3O5S. The number of sulfonamides is 1. The van der Waals surface area contributed by atoms with Crippen LogP contribution in [0, 0.1) is 6.92 Å². The van der Waals surface area contributed by atoms with E-state index in [1.807, 2.05) is 19.1 Å². The minimum atomic E-state index is -3.80. The average Bonchev–Trinajstić information content (AvgIpc) is 3.32. The number of carbonyl (C=O) groups excluding carboxylic acids is 2. The zero-order valence-electron chi connectivity index (χ0n) is 15.8. The van der Waals surface area contributed by atoms with Crippen LogP contribution in [0.5, 0.6) is 0 Å². The summed E-state index contributed by atoms with van der Waals surface area (Å²) >= 11 is 0. The van der Waals surface area contributed by atoms with Crippen LogP contribution in [0.1, 0.15) is 16.9 Å². The molecular weight excluding hydrogens is 406 g/mol. The van der Waals surface area contributed by atoms with Gasteiger partial charge in [-0.2, -0.15) is 0 Å². The van der Waals surface area contributed by atoms with Gasteiger partial charge in [0.1, 0.15) is 17.1 Å². The zero-order chi connectivity index (χ0) is 21.5. The van der Waals surface area contributed by atoms with Crippen molar-refractivity contribution in [1.82, 2.24) is 10.9 Å². The molecule has 1 aromatic heterocycles. The van der Waals surface area contributed by atoms with Crippen LogP contribution < -0.4 is 16.0 Å². The number of carbonyl (C=O) groups is 2. The molecule has 1 saturated heterocycles. The lowest BCUT2D eigenvalue weighted by Gasteiger charge is -2.08. The normalized spacial score (nSPS) is 13.9. The molecule has 8 nitrogen and oxygen atoms in total. The van der Waals surface area contributed by atoms with Crippen LogP contribution in [0.15, 0.2) is 75.5 Å². The first-order valence-electron chi connectivity index (χ1n) is 8.89. The summed E-state index contributed by atoms with van der Waals surface area (Å²) in [6.45, 7) is 1.93. The predicted molar refractivity (Wildman–Crippen MR) is 109 cm³/mol. The van der Waals surface area contributed by atoms with Gasteiger partial charge in [0, 0.05) is 11.1 Å². The molecule has 2 amide bonds. The molecule has 2 aromatic carbocycles. The quantitative estimate of drug-likeness (QED) is 0.435. The number of primary sulfonamides is 1. The molecule has 0 radical (unpaired) electrons. The van der Waals surface area contributed by atoms with Crippen molar-refractivity contribution in [2.75, 3.05) is 0 Å². The van der Waals surface area contributed by atoms with E-state index in [0.717, 1.165) is 5.56 Å². The van der Waals surface area contributed by atoms with Crippen molar-refractivity contribution >= 4 is 27.4 Å². The van der Waals surface area contributed by atoms with E-state index < -0.39 is 21.8 Å². The van der Waals surface area contributed by atoms with Gasteiger partial charge in [0.2, 0.25) is 10.0 Å². The number of aryl methyl sites for hydroxylation is 1. The molecule has 152 valence electrons. The van der Waals surface area contributed by atoms with Crippen LogP contribution in [0.3, 0.4) is 0 Å². The first kappa shape index (κ1) is 19.6. The molecule has 9 heteroatoms. The first-order valence-corrected chi connectivity index (χ1v) is 10.4. The highest BCUT2D eigenvalue weighted by atomic mass is 32.2. The van der Waals surface area contributed by atoms with Gasteiger partial charge in [-0.1, -0.05) is 29.8 Å². The summed E-state index contributed by atoms with van der Waals surface area (Å²) in [5, 5.41) is 5.13. The fourth-order valence-electron chi connectivity index (χ4n) is 3.14. The Morgan fingerprint density at radius 1 is 0.867 bits per heavy atom. The molecule has 0 atom stereocenters. The van der Waals surface area contributed by atoms with Crippen molar-refractivity contribution in [1.29, 1.82) is 0 Å². The molecule has 4 rings (SSSR count). The van der Waals surface area contributed by atoms with E-state index in [4.69, 9.17) is 9.56 Å². The standard InChI is InChI=1S/C21H17N3O5S/c1-12-2-4-14(5-3-12)18(19-20(25)23-24-21(19)26)17-11-10-16(29-17)13-6-8-15(9-7-13)30(22,27)28/h2-11H,1H3,(H,23,25)(H,24,26)(H2,22,27,28). The lowest BCUT2D eigenvalue weighted by molar-refractivity contribution is -0.117. The van der Waals surface area contributed by atoms with Crippen molar-refractivity contribution in [3.05, 3.63) is 83.1 Å². The number of nitrogens with one attached hydrogen (secondary N) is 2. The third kappa shape index (κ3) is 3.63. The number of nitrogens with two attached hydrogens (primary N) is 1. The van der Waals surface area contributed by atoms with Crippen molar-refractivity contribution in [3.8, 4) is 11.3 Å². The van der Waals surface area contributed by atoms with E-state index in [-0.39, 0.29) is 10.5 Å². The average molecular weight is 423 g/mol. The lowest BCUT2D eigenvalue weighted by Crippen LogP contribution is -2.28. The van der Waals surface area contributed by atoms with Crippen LogP contribution in [0.4, 0.5) is 0 Å². The monoisotopic (exact) mass is 423 g/mol. The maximum absolute atomic E-state index is 12.3. The van der Waals surface area contributed by atoms with Crippen LogP contribution in [-0.4, -0.2) is 20.2 Å². The summed E-state index contributed by atoms with van der Waals surface area (Å²) in [6, 6.07) is 16.6. The Labute approximate surface area is 172 Å². The molecule has 3 aromatic rings. The SMILES string of the molecule is Cc1ccc(C(=C2C(=O)NNC2=O)c2ccc(-c3ccc(S(N)(=O)=O)cc3)o2)cc1. The second-order valence-corrected chi connectivity index (χ2v) is 8.32. The summed E-state index contributed by atoms with van der Waals surface area (Å²) in [5.41, 5.74) is 7.20. The second kappa shape index (κ2) is 7.29. The smallest absolute Gasteiger partial charge is 0.276 e. The second-order valence-electron chi connectivity index (χ2n) is 6.76. The third-order valence-corrected chi connectivity index (χ3v) is 5.58. The largest absolute Gasteiger partial charge is 0.456 e. The van der Waals surface area contributed by atoms with Gasteiger partial charge in [0.15, 0.2) is 0 Å². The van der Waals surface area contributed by atoms with E-state index >= 15 is 0 Å². The number of hydrogen-bond acceptors (Lipinski definition) is 5. The molecule has 30 heavy (non-hydrogen) atoms. The highest BCUT2D eigenvalue weighted by Gasteiger charge is 2.32. The molecule has 4 N–H and O–H groups in total. The van der Waals surface area contributed by atoms with Gasteiger partial charge in [-0.25, -0.2) is 13.6 Å². The number of amides is 2. The topological polar surface area (TPSA) is 132 Å². The van der Waals surface area contributed by atoms with Gasteiger partial charge < -0.3 is 4.42 Å². The molecule has 0 aliphatic carbocycles. The van der Waals surface area contributed by atoms with Crippen LogP contribution in [0.25, 0.3) is 16.9 Å². The van der Waals surface area contributed by atoms with Gasteiger partial charge in [0.05, 0.1) is 4.90 Å². The highest BCUT2D eigenvalue weighted by molar-refractivity contribution is 7.89. The molecule has 1 aliphatic rings. The van der Waals surface area contributed by atoms with Crippen molar-refractivity contribution < 1.29 is 22.4 Å². The summed E-state index contributed by atoms with van der Waals surface area (Å²) in [4.78, 5) is 24.6. The molecule has 0 spiro atoms. The van der Waals surface area contributed by atoms with Gasteiger partial charge in [-0.05, 0) is 48.9 Å². The zero-order valence-corrected chi connectivity index (χ0v) is 16.6. The molecule has 1 fully saturated rings. The van der Waals surface area contributed by atoms with E-state index in [1.165, 1.54) is 12.1 Å². The Morgan fingerprint density at radius 2 is 1.47 bits per heavy atom. The van der Waals surface area contributed by atoms with Crippen LogP contribution in [-0.2, 0) is 19.6 Å². The predicted octanol–water partition coefficient (Wildman–Crippen LogP) is 1.87. The molecule has 0 bridgehead atoms. The molecule has 0 unspecified atom stereocenters. The van der Waals surface area contributed by atoms with Gasteiger partial charge in [0.25, 0.3) is 11.8 Å². The number of rotatable bonds is 4. The Bertz CT molecular complexity index is 1270. The highest BCUT2D eigenvalue weighted by Crippen LogP contribution is 2.33. The van der Waals surface area contributed by atoms with Gasteiger partial charge in [-0.15, -0.1) is 0 Å². The molecule has 0 saturated carbocycles. The van der Waals surface area contributed by atoms with E-state index in [0.29, 0.717) is 28.2 Å². The minimum absolute atomic E-state index is 0.0141. The van der Waals surface area contributed by atoms with Crippen molar-refractivity contribution in [3.63, 3.8) is 0 Å². The summed E-state index contributed by atoms with van der Waals surface area (Å²) in [5.74, 6) is -0.335. The number of hydrazine groups is 1. The summed E-state index contributed by atoms with van der Waals surface area (Å²) in [6.07, 6.45) is 0. The van der Waals surface area contributed by atoms with E-state index in [1.54, 1.807) is 36.4 Å². The summed E-state index contributed by atoms with van der Waals surface area (Å²) < 4.78 is 28.8. The Kier molecular flexibility index (Phi) is 4.76. The summed E-state index contributed by atoms with van der Waals surface area (Å²) in [7, 11) is -3.80. The Hall–Kier alpha value is -3.69. The number of benzene rings is 2. The maximum Gasteiger partial charge on any atom is 0.276 e. The fraction of sp³-hybridized carbons (Fsp3) is 0.0476. The molecule has 2 heterocycles. The van der Waals surface area contributed by atoms with E-state index in [9.17, 15) is 18.0 Å². The van der Waals surface area contributed by atoms with Crippen molar-refractivity contribution in [2.45, 2.75) is 11.8 Å². The fourth-order valence-corrected chi connectivity index (χ4v) is 3.65. The van der Waals surface area contributed by atoms with Crippen LogP contribution >= 0.6 is 0 Å². The number of furan rings is 1. The molecule has 1 aliphatic heterocycles. The Balaban J connectivity index is 1.81. The maximum atomic E-state index is 12.3.